The first-order valence-electron chi connectivity index (χ1n) is 10.2. The third-order valence-electron chi connectivity index (χ3n) is 5.41. The van der Waals surface area contributed by atoms with Crippen LogP contribution >= 0.6 is 0 Å². The van der Waals surface area contributed by atoms with Crippen molar-refractivity contribution < 1.29 is 13.2 Å². The molecular weight excluding hydrogens is 400 g/mol. The summed E-state index contributed by atoms with van der Waals surface area (Å²) in [6.45, 7) is 7.85. The number of carbonyl (C=O) groups excluding carboxylic acids is 1. The first-order chi connectivity index (χ1) is 14.2. The van der Waals surface area contributed by atoms with Gasteiger partial charge in [0.2, 0.25) is 10.0 Å². The van der Waals surface area contributed by atoms with Gasteiger partial charge in [-0.2, -0.15) is 4.31 Å². The Morgan fingerprint density at radius 2 is 1.80 bits per heavy atom. The van der Waals surface area contributed by atoms with E-state index in [1.54, 1.807) is 18.3 Å². The van der Waals surface area contributed by atoms with Crippen molar-refractivity contribution in [2.45, 2.75) is 43.9 Å². The number of pyridine rings is 1. The van der Waals surface area contributed by atoms with Gasteiger partial charge in [0.25, 0.3) is 0 Å². The van der Waals surface area contributed by atoms with Crippen LogP contribution in [0.1, 0.15) is 39.2 Å². The van der Waals surface area contributed by atoms with Gasteiger partial charge in [0.05, 0.1) is 0 Å². The first-order valence-corrected chi connectivity index (χ1v) is 11.7. The van der Waals surface area contributed by atoms with Crippen LogP contribution in [-0.2, 0) is 15.4 Å². The molecule has 1 aromatic heterocycles. The molecule has 2 heterocycles. The monoisotopic (exact) mass is 430 g/mol. The Morgan fingerprint density at radius 3 is 2.37 bits per heavy atom. The lowest BCUT2D eigenvalue weighted by Crippen LogP contribution is -2.42. The summed E-state index contributed by atoms with van der Waals surface area (Å²) in [5.41, 5.74) is 2.03. The fraction of sp³-hybridized carbons (Fsp3) is 0.455. The number of hydrogen-bond acceptors (Lipinski definition) is 4. The van der Waals surface area contributed by atoms with Gasteiger partial charge in [-0.05, 0) is 54.0 Å². The molecule has 30 heavy (non-hydrogen) atoms. The van der Waals surface area contributed by atoms with Crippen LogP contribution in [0, 0.1) is 5.92 Å². The summed E-state index contributed by atoms with van der Waals surface area (Å²) in [5, 5.41) is 5.75. The number of nitrogens with one attached hydrogen (secondary N) is 2. The molecule has 0 saturated carbocycles. The van der Waals surface area contributed by atoms with Crippen LogP contribution in [0.3, 0.4) is 0 Å². The normalized spacial score (nSPS) is 16.2. The molecule has 2 aromatic rings. The molecular formula is C22H30N4O3S. The molecule has 2 N–H and O–H groups in total. The average molecular weight is 431 g/mol. The van der Waals surface area contributed by atoms with E-state index in [0.717, 1.165) is 5.69 Å². The summed E-state index contributed by atoms with van der Waals surface area (Å²) >= 11 is 0. The highest BCUT2D eigenvalue weighted by Gasteiger charge is 2.29. The Morgan fingerprint density at radius 1 is 1.13 bits per heavy atom. The topological polar surface area (TPSA) is 91.4 Å². The molecule has 0 radical (unpaired) electrons. The van der Waals surface area contributed by atoms with E-state index in [-0.39, 0.29) is 22.3 Å². The fourth-order valence-electron chi connectivity index (χ4n) is 3.47. The zero-order valence-electron chi connectivity index (χ0n) is 17.8. The summed E-state index contributed by atoms with van der Waals surface area (Å²) in [5.74, 6) is 0.249. The Kier molecular flexibility index (Phi) is 6.77. The van der Waals surface area contributed by atoms with E-state index >= 15 is 0 Å². The second-order valence-corrected chi connectivity index (χ2v) is 10.6. The average Bonchev–Trinajstić information content (AvgIpc) is 2.73. The van der Waals surface area contributed by atoms with Crippen molar-refractivity contribution in [2.75, 3.05) is 25.0 Å². The minimum atomic E-state index is -3.50. The number of amides is 2. The van der Waals surface area contributed by atoms with Crippen LogP contribution in [0.25, 0.3) is 0 Å². The number of aromatic nitrogens is 1. The van der Waals surface area contributed by atoms with Crippen LogP contribution in [-0.4, -0.2) is 43.4 Å². The molecule has 1 aliphatic heterocycles. The molecule has 1 fully saturated rings. The van der Waals surface area contributed by atoms with Gasteiger partial charge in [0, 0.05) is 37.7 Å². The zero-order valence-corrected chi connectivity index (χ0v) is 18.6. The Balaban J connectivity index is 1.45. The Bertz CT molecular complexity index is 946. The van der Waals surface area contributed by atoms with Crippen molar-refractivity contribution in [3.8, 4) is 0 Å². The quantitative estimate of drug-likeness (QED) is 0.758. The molecule has 3 rings (SSSR count). The summed E-state index contributed by atoms with van der Waals surface area (Å²) < 4.78 is 26.8. The molecule has 1 aliphatic rings. The molecule has 1 saturated heterocycles. The second-order valence-electron chi connectivity index (χ2n) is 8.70. The summed E-state index contributed by atoms with van der Waals surface area (Å²) in [4.78, 5) is 16.3. The molecule has 7 nitrogen and oxygen atoms in total. The summed E-state index contributed by atoms with van der Waals surface area (Å²) in [6, 6.07) is 10.8. The molecule has 162 valence electrons. The van der Waals surface area contributed by atoms with Crippen LogP contribution in [0.4, 0.5) is 10.5 Å². The highest BCUT2D eigenvalue weighted by Crippen LogP contribution is 2.24. The summed E-state index contributed by atoms with van der Waals surface area (Å²) in [7, 11) is -3.50. The highest BCUT2D eigenvalue weighted by atomic mass is 32.2. The maximum Gasteiger partial charge on any atom is 0.319 e. The number of carbonyl (C=O) groups is 1. The van der Waals surface area contributed by atoms with E-state index in [1.807, 2.05) is 24.3 Å². The van der Waals surface area contributed by atoms with Crippen LogP contribution in [0.15, 0.2) is 53.7 Å². The number of benzene rings is 1. The molecule has 2 amide bonds. The largest absolute Gasteiger partial charge is 0.338 e. The third kappa shape index (κ3) is 5.58. The first kappa shape index (κ1) is 22.2. The SMILES string of the molecule is CC(C)(C)c1ccc(NC(=O)NCC2CCN(S(=O)(=O)c3cccnc3)CC2)cc1. The number of hydrogen-bond donors (Lipinski definition) is 2. The minimum Gasteiger partial charge on any atom is -0.338 e. The molecule has 0 atom stereocenters. The maximum absolute atomic E-state index is 12.7. The number of piperidine rings is 1. The number of rotatable bonds is 5. The number of anilines is 1. The van der Waals surface area contributed by atoms with Gasteiger partial charge in [-0.3, -0.25) is 4.98 Å². The highest BCUT2D eigenvalue weighted by molar-refractivity contribution is 7.89. The number of nitrogens with zero attached hydrogens (tertiary/aromatic N) is 2. The molecule has 0 aliphatic carbocycles. The standard InChI is InChI=1S/C22H30N4O3S/c1-22(2,3)18-6-8-19(9-7-18)25-21(27)24-15-17-10-13-26(14-11-17)30(28,29)20-5-4-12-23-16-20/h4-9,12,16-17H,10-11,13-15H2,1-3H3,(H2,24,25,27). The lowest BCUT2D eigenvalue weighted by molar-refractivity contribution is 0.240. The van der Waals surface area contributed by atoms with E-state index in [2.05, 4.69) is 36.4 Å². The number of sulfonamides is 1. The van der Waals surface area contributed by atoms with Crippen molar-refractivity contribution in [1.82, 2.24) is 14.6 Å². The van der Waals surface area contributed by atoms with Gasteiger partial charge >= 0.3 is 6.03 Å². The maximum atomic E-state index is 12.7. The van der Waals surface area contributed by atoms with Crippen molar-refractivity contribution in [3.05, 3.63) is 54.4 Å². The van der Waals surface area contributed by atoms with E-state index in [4.69, 9.17) is 0 Å². The van der Waals surface area contributed by atoms with Gasteiger partial charge in [-0.15, -0.1) is 0 Å². The van der Waals surface area contributed by atoms with Gasteiger partial charge < -0.3 is 10.6 Å². The van der Waals surface area contributed by atoms with E-state index < -0.39 is 10.0 Å². The minimum absolute atomic E-state index is 0.0696. The molecule has 0 spiro atoms. The predicted octanol–water partition coefficient (Wildman–Crippen LogP) is 3.60. The smallest absolute Gasteiger partial charge is 0.319 e. The Labute approximate surface area is 178 Å². The third-order valence-corrected chi connectivity index (χ3v) is 7.29. The van der Waals surface area contributed by atoms with Gasteiger partial charge in [-0.1, -0.05) is 32.9 Å². The van der Waals surface area contributed by atoms with Gasteiger partial charge in [0.15, 0.2) is 0 Å². The lowest BCUT2D eigenvalue weighted by atomic mass is 9.87. The zero-order chi connectivity index (χ0) is 21.8. The molecule has 0 unspecified atom stereocenters. The molecule has 8 heteroatoms. The van der Waals surface area contributed by atoms with Gasteiger partial charge in [0.1, 0.15) is 4.90 Å². The summed E-state index contributed by atoms with van der Waals surface area (Å²) in [6.07, 6.45) is 4.35. The predicted molar refractivity (Wildman–Crippen MR) is 118 cm³/mol. The van der Waals surface area contributed by atoms with Crippen molar-refractivity contribution in [2.24, 2.45) is 5.92 Å². The lowest BCUT2D eigenvalue weighted by Gasteiger charge is -2.31. The van der Waals surface area contributed by atoms with Crippen LogP contribution < -0.4 is 10.6 Å². The fourth-order valence-corrected chi connectivity index (χ4v) is 4.90. The van der Waals surface area contributed by atoms with E-state index in [0.29, 0.717) is 32.5 Å². The second kappa shape index (κ2) is 9.14. The van der Waals surface area contributed by atoms with Crippen molar-refractivity contribution in [3.63, 3.8) is 0 Å². The van der Waals surface area contributed by atoms with Crippen LogP contribution in [0.5, 0.6) is 0 Å². The van der Waals surface area contributed by atoms with Crippen molar-refractivity contribution >= 4 is 21.7 Å². The van der Waals surface area contributed by atoms with Gasteiger partial charge in [-0.25, -0.2) is 13.2 Å². The van der Waals surface area contributed by atoms with Crippen LogP contribution in [0.2, 0.25) is 0 Å². The Hall–Kier alpha value is -2.45. The van der Waals surface area contributed by atoms with E-state index in [1.165, 1.54) is 16.1 Å². The van der Waals surface area contributed by atoms with Crippen molar-refractivity contribution in [1.29, 1.82) is 0 Å². The molecule has 0 bridgehead atoms. The molecule has 1 aromatic carbocycles. The van der Waals surface area contributed by atoms with E-state index in [9.17, 15) is 13.2 Å². The number of urea groups is 1.